The van der Waals surface area contributed by atoms with Crippen molar-refractivity contribution in [2.45, 2.75) is 77.6 Å². The molecule has 0 aromatic carbocycles. The van der Waals surface area contributed by atoms with Gasteiger partial charge >= 0.3 is 5.97 Å². The molecule has 0 bridgehead atoms. The number of carbonyl (C=O) groups excluding carboxylic acids is 1. The summed E-state index contributed by atoms with van der Waals surface area (Å²) in [5, 5.41) is 2.83. The van der Waals surface area contributed by atoms with Crippen LogP contribution in [0.3, 0.4) is 0 Å². The smallest absolute Gasteiger partial charge is 0.357 e. The van der Waals surface area contributed by atoms with Crippen molar-refractivity contribution in [3.8, 4) is 0 Å². The van der Waals surface area contributed by atoms with Crippen molar-refractivity contribution in [1.29, 1.82) is 0 Å². The Kier molecular flexibility index (Phi) is 8.50. The minimum absolute atomic E-state index is 0.00407. The van der Waals surface area contributed by atoms with Crippen molar-refractivity contribution in [1.82, 2.24) is 4.98 Å². The molecule has 0 fully saturated rings. The Labute approximate surface area is 177 Å². The molecular weight excluding hydrogens is 477 g/mol. The lowest BCUT2D eigenvalue weighted by Gasteiger charge is -2.43. The van der Waals surface area contributed by atoms with Crippen molar-refractivity contribution < 1.29 is 14.0 Å². The van der Waals surface area contributed by atoms with E-state index in [2.05, 4.69) is 81.4 Å². The molecule has 0 N–H and O–H groups in total. The number of carbonyl (C=O) groups is 1. The zero-order valence-corrected chi connectivity index (χ0v) is 21.2. The van der Waals surface area contributed by atoms with Crippen LogP contribution in [0.4, 0.5) is 0 Å². The van der Waals surface area contributed by atoms with Gasteiger partial charge in [0.25, 0.3) is 0 Å². The Hall–Kier alpha value is -0.253. The Balaban J connectivity index is 3.17. The highest BCUT2D eigenvalue weighted by Crippen LogP contribution is 2.42. The van der Waals surface area contributed by atoms with Crippen LogP contribution in [0.5, 0.6) is 0 Å². The largest absolute Gasteiger partial charge is 0.461 e. The highest BCUT2D eigenvalue weighted by molar-refractivity contribution is 14.1. The van der Waals surface area contributed by atoms with Crippen LogP contribution in [0.2, 0.25) is 18.1 Å². The molecule has 148 valence electrons. The number of thiazole rings is 1. The summed E-state index contributed by atoms with van der Waals surface area (Å²) in [5.41, 5.74) is 0.0802. The Bertz CT molecular complexity index is 635. The van der Waals surface area contributed by atoms with E-state index in [4.69, 9.17) is 9.16 Å². The SMILES string of the molecule is CCOC(=O)c1csc(C(C)(C)[C@@H](C/C=C/I)O[Si](C)(C)C(C)(C)C)n1. The van der Waals surface area contributed by atoms with Crippen molar-refractivity contribution in [2.24, 2.45) is 0 Å². The normalized spacial score (nSPS) is 14.7. The average molecular weight is 510 g/mol. The van der Waals surface area contributed by atoms with E-state index in [0.29, 0.717) is 12.3 Å². The maximum Gasteiger partial charge on any atom is 0.357 e. The lowest BCUT2D eigenvalue weighted by Crippen LogP contribution is -2.49. The van der Waals surface area contributed by atoms with Gasteiger partial charge in [-0.1, -0.05) is 63.3 Å². The number of hydrogen-bond donors (Lipinski definition) is 0. The van der Waals surface area contributed by atoms with E-state index in [0.717, 1.165) is 11.4 Å². The zero-order valence-electron chi connectivity index (χ0n) is 17.2. The van der Waals surface area contributed by atoms with Gasteiger partial charge in [0.15, 0.2) is 14.0 Å². The van der Waals surface area contributed by atoms with Crippen LogP contribution < -0.4 is 0 Å². The van der Waals surface area contributed by atoms with Gasteiger partial charge in [-0.05, 0) is 35.6 Å². The van der Waals surface area contributed by atoms with Gasteiger partial charge in [-0.3, -0.25) is 0 Å². The minimum Gasteiger partial charge on any atom is -0.461 e. The van der Waals surface area contributed by atoms with Crippen molar-refractivity contribution in [2.75, 3.05) is 6.61 Å². The molecule has 1 aromatic rings. The summed E-state index contributed by atoms with van der Waals surface area (Å²) in [7, 11) is -1.94. The molecule has 1 heterocycles. The maximum absolute atomic E-state index is 12.0. The fourth-order valence-corrected chi connectivity index (χ4v) is 4.91. The summed E-state index contributed by atoms with van der Waals surface area (Å²) in [6, 6.07) is 0. The first-order chi connectivity index (χ1) is 11.9. The second-order valence-corrected chi connectivity index (χ2v) is 14.8. The summed E-state index contributed by atoms with van der Waals surface area (Å²) in [4.78, 5) is 16.5. The molecule has 0 aliphatic carbocycles. The summed E-state index contributed by atoms with van der Waals surface area (Å²) >= 11 is 3.74. The Morgan fingerprint density at radius 3 is 2.46 bits per heavy atom. The van der Waals surface area contributed by atoms with E-state index < -0.39 is 8.32 Å². The molecular formula is C19H32INO3SSi. The molecule has 1 aromatic heterocycles. The van der Waals surface area contributed by atoms with Gasteiger partial charge in [0.05, 0.1) is 12.7 Å². The van der Waals surface area contributed by atoms with Gasteiger partial charge in [-0.25, -0.2) is 9.78 Å². The molecule has 0 amide bonds. The standard InChI is InChI=1S/C19H32INO3SSi/c1-9-23-16(22)14-13-25-17(21-14)19(5,6)15(11-10-12-20)24-26(7,8)18(2,3)4/h10,12-13,15H,9,11H2,1-8H3/b12-10+/t15-/m1/s1. The number of aromatic nitrogens is 1. The molecule has 0 aliphatic heterocycles. The number of rotatable bonds is 8. The zero-order chi connectivity index (χ0) is 20.2. The predicted molar refractivity (Wildman–Crippen MR) is 121 cm³/mol. The van der Waals surface area contributed by atoms with Gasteiger partial charge in [0.2, 0.25) is 0 Å². The highest BCUT2D eigenvalue weighted by Gasteiger charge is 2.44. The first-order valence-corrected chi connectivity index (χ1v) is 14.0. The third-order valence-electron chi connectivity index (χ3n) is 5.03. The van der Waals surface area contributed by atoms with E-state index in [1.54, 1.807) is 12.3 Å². The van der Waals surface area contributed by atoms with Gasteiger partial charge < -0.3 is 9.16 Å². The molecule has 7 heteroatoms. The average Bonchev–Trinajstić information content (AvgIpc) is 3.01. The number of halogens is 1. The summed E-state index contributed by atoms with van der Waals surface area (Å²) in [5.74, 6) is -0.361. The first-order valence-electron chi connectivity index (χ1n) is 8.93. The predicted octanol–water partition coefficient (Wildman–Crippen LogP) is 6.33. The number of esters is 1. The fraction of sp³-hybridized carbons (Fsp3) is 0.684. The summed E-state index contributed by atoms with van der Waals surface area (Å²) in [6.45, 7) is 17.8. The van der Waals surface area contributed by atoms with Crippen LogP contribution >= 0.6 is 33.9 Å². The lowest BCUT2D eigenvalue weighted by atomic mass is 9.85. The van der Waals surface area contributed by atoms with E-state index in [-0.39, 0.29) is 22.5 Å². The lowest BCUT2D eigenvalue weighted by molar-refractivity contribution is 0.0519. The van der Waals surface area contributed by atoms with E-state index >= 15 is 0 Å². The van der Waals surface area contributed by atoms with E-state index in [9.17, 15) is 4.79 Å². The van der Waals surface area contributed by atoms with Crippen molar-refractivity contribution >= 4 is 48.2 Å². The van der Waals surface area contributed by atoms with Crippen LogP contribution in [0.25, 0.3) is 0 Å². The monoisotopic (exact) mass is 509 g/mol. The molecule has 1 rings (SSSR count). The van der Waals surface area contributed by atoms with Gasteiger partial charge in [-0.15, -0.1) is 11.3 Å². The maximum atomic E-state index is 12.0. The van der Waals surface area contributed by atoms with Crippen molar-refractivity contribution in [3.63, 3.8) is 0 Å². The van der Waals surface area contributed by atoms with Gasteiger partial charge in [0, 0.05) is 10.8 Å². The number of hydrogen-bond acceptors (Lipinski definition) is 5. The third kappa shape index (κ3) is 5.87. The molecule has 26 heavy (non-hydrogen) atoms. The molecule has 0 aliphatic rings. The summed E-state index contributed by atoms with van der Waals surface area (Å²) < 4.78 is 13.9. The quantitative estimate of drug-likeness (QED) is 0.234. The Morgan fingerprint density at radius 1 is 1.35 bits per heavy atom. The topological polar surface area (TPSA) is 48.4 Å². The second-order valence-electron chi connectivity index (χ2n) is 8.44. The van der Waals surface area contributed by atoms with E-state index in [1.807, 2.05) is 4.08 Å². The second kappa shape index (κ2) is 9.30. The molecule has 0 unspecified atom stereocenters. The van der Waals surface area contributed by atoms with Crippen LogP contribution in [-0.4, -0.2) is 32.0 Å². The fourth-order valence-electron chi connectivity index (χ4n) is 2.20. The van der Waals surface area contributed by atoms with Gasteiger partial charge in [0.1, 0.15) is 5.01 Å². The van der Waals surface area contributed by atoms with Crippen LogP contribution in [0.1, 0.15) is 63.5 Å². The van der Waals surface area contributed by atoms with Crippen molar-refractivity contribution in [3.05, 3.63) is 26.2 Å². The van der Waals surface area contributed by atoms with Crippen LogP contribution in [-0.2, 0) is 14.6 Å². The first kappa shape index (κ1) is 23.8. The molecule has 0 saturated heterocycles. The highest BCUT2D eigenvalue weighted by atomic mass is 127. The number of nitrogens with zero attached hydrogens (tertiary/aromatic N) is 1. The van der Waals surface area contributed by atoms with Gasteiger partial charge in [-0.2, -0.15) is 0 Å². The van der Waals surface area contributed by atoms with Crippen LogP contribution in [0.15, 0.2) is 15.5 Å². The molecule has 0 radical (unpaired) electrons. The Morgan fingerprint density at radius 2 is 1.96 bits per heavy atom. The van der Waals surface area contributed by atoms with Crippen LogP contribution in [0, 0.1) is 0 Å². The third-order valence-corrected chi connectivity index (χ3v) is 11.2. The number of ether oxygens (including phenoxy) is 1. The molecule has 0 saturated carbocycles. The van der Waals surface area contributed by atoms with E-state index in [1.165, 1.54) is 11.3 Å². The summed E-state index contributed by atoms with van der Waals surface area (Å²) in [6.07, 6.45) is 2.95. The molecule has 1 atom stereocenters. The molecule has 0 spiro atoms. The molecule has 4 nitrogen and oxygen atoms in total. The minimum atomic E-state index is -1.94.